The van der Waals surface area contributed by atoms with E-state index < -0.39 is 0 Å². The summed E-state index contributed by atoms with van der Waals surface area (Å²) in [7, 11) is 0. The molecule has 0 saturated carbocycles. The molecule has 2 rings (SSSR count). The Kier molecular flexibility index (Phi) is 5.44. The second-order valence-corrected chi connectivity index (χ2v) is 8.67. The molecule has 120 valence electrons. The van der Waals surface area contributed by atoms with Gasteiger partial charge in [-0.1, -0.05) is 6.92 Å². The lowest BCUT2D eigenvalue weighted by Gasteiger charge is -2.37. The van der Waals surface area contributed by atoms with Crippen molar-refractivity contribution in [2.75, 3.05) is 12.3 Å². The third-order valence-electron chi connectivity index (χ3n) is 4.25. The van der Waals surface area contributed by atoms with Crippen molar-refractivity contribution in [1.29, 1.82) is 0 Å². The van der Waals surface area contributed by atoms with E-state index in [1.54, 1.807) is 0 Å². The van der Waals surface area contributed by atoms with Crippen molar-refractivity contribution in [1.82, 2.24) is 10.2 Å². The summed E-state index contributed by atoms with van der Waals surface area (Å²) in [5.41, 5.74) is 1.46. The molecular weight excluding hydrogens is 280 g/mol. The monoisotopic (exact) mass is 310 g/mol. The molecule has 0 radical (unpaired) electrons. The van der Waals surface area contributed by atoms with E-state index in [-0.39, 0.29) is 5.54 Å². The fourth-order valence-corrected chi connectivity index (χ4v) is 3.78. The number of thioether (sulfide) groups is 1. The second kappa shape index (κ2) is 6.76. The van der Waals surface area contributed by atoms with Crippen molar-refractivity contribution in [2.45, 2.75) is 71.5 Å². The van der Waals surface area contributed by atoms with E-state index in [1.165, 1.54) is 17.9 Å². The predicted octanol–water partition coefficient (Wildman–Crippen LogP) is 3.80. The zero-order chi connectivity index (χ0) is 15.6. The normalized spacial score (nSPS) is 24.5. The van der Waals surface area contributed by atoms with Crippen LogP contribution >= 0.6 is 11.8 Å². The number of rotatable bonds is 4. The second-order valence-electron chi connectivity index (χ2n) is 7.18. The molecule has 4 heteroatoms. The van der Waals surface area contributed by atoms with Gasteiger partial charge in [-0.3, -0.25) is 4.90 Å². The summed E-state index contributed by atoms with van der Waals surface area (Å²) < 4.78 is 5.92. The Hall–Kier alpha value is -0.450. The van der Waals surface area contributed by atoms with Crippen LogP contribution in [-0.4, -0.2) is 34.0 Å². The molecule has 0 aliphatic carbocycles. The van der Waals surface area contributed by atoms with Crippen LogP contribution in [-0.2, 0) is 13.1 Å². The van der Waals surface area contributed by atoms with Gasteiger partial charge in [0.05, 0.1) is 6.54 Å². The maximum absolute atomic E-state index is 5.92. The topological polar surface area (TPSA) is 28.4 Å². The van der Waals surface area contributed by atoms with Crippen LogP contribution in [0.2, 0.25) is 0 Å². The van der Waals surface area contributed by atoms with Gasteiger partial charge in [0, 0.05) is 41.2 Å². The summed E-state index contributed by atoms with van der Waals surface area (Å²) in [4.78, 5) is 2.58. The largest absolute Gasteiger partial charge is 0.465 e. The number of hydrogen-bond donors (Lipinski definition) is 1. The third-order valence-corrected chi connectivity index (χ3v) is 5.59. The smallest absolute Gasteiger partial charge is 0.118 e. The van der Waals surface area contributed by atoms with Crippen LogP contribution in [0, 0.1) is 6.92 Å². The van der Waals surface area contributed by atoms with Crippen LogP contribution in [0.3, 0.4) is 0 Å². The molecule has 1 aromatic heterocycles. The van der Waals surface area contributed by atoms with E-state index in [4.69, 9.17) is 4.42 Å². The van der Waals surface area contributed by atoms with E-state index in [0.717, 1.165) is 24.6 Å². The minimum atomic E-state index is 0.120. The Labute approximate surface area is 133 Å². The summed E-state index contributed by atoms with van der Waals surface area (Å²) in [5, 5.41) is 4.20. The first kappa shape index (κ1) is 16.9. The number of hydrogen-bond acceptors (Lipinski definition) is 4. The van der Waals surface area contributed by atoms with Crippen molar-refractivity contribution in [3.8, 4) is 0 Å². The number of nitrogens with one attached hydrogen (secondary N) is 1. The molecule has 1 saturated heterocycles. The molecule has 1 aliphatic heterocycles. The Bertz CT molecular complexity index is 464. The van der Waals surface area contributed by atoms with Crippen molar-refractivity contribution in [3.05, 3.63) is 23.2 Å². The van der Waals surface area contributed by atoms with Gasteiger partial charge in [-0.25, -0.2) is 0 Å². The third kappa shape index (κ3) is 4.76. The molecule has 2 heterocycles. The molecule has 1 fully saturated rings. The van der Waals surface area contributed by atoms with E-state index in [9.17, 15) is 0 Å². The highest BCUT2D eigenvalue weighted by Gasteiger charge is 2.26. The van der Waals surface area contributed by atoms with E-state index in [1.807, 2.05) is 0 Å². The maximum Gasteiger partial charge on any atom is 0.118 e. The highest BCUT2D eigenvalue weighted by molar-refractivity contribution is 8.00. The zero-order valence-electron chi connectivity index (χ0n) is 14.3. The summed E-state index contributed by atoms with van der Waals surface area (Å²) in [6, 6.07) is 2.86. The van der Waals surface area contributed by atoms with Crippen LogP contribution in [0.5, 0.6) is 0 Å². The van der Waals surface area contributed by atoms with Crippen LogP contribution in [0.25, 0.3) is 0 Å². The number of nitrogens with zero attached hydrogens (tertiary/aromatic N) is 1. The average Bonchev–Trinajstić information content (AvgIpc) is 2.73. The molecule has 1 N–H and O–H groups in total. The van der Waals surface area contributed by atoms with Crippen molar-refractivity contribution in [2.24, 2.45) is 0 Å². The van der Waals surface area contributed by atoms with Gasteiger partial charge in [-0.15, -0.1) is 0 Å². The van der Waals surface area contributed by atoms with Gasteiger partial charge < -0.3 is 9.73 Å². The minimum Gasteiger partial charge on any atom is -0.465 e. The quantitative estimate of drug-likeness (QED) is 0.915. The van der Waals surface area contributed by atoms with E-state index >= 15 is 0 Å². The SMILES string of the molecule is Cc1oc(CNC(C)(C)C)cc1CN1CCSC(C)C1C. The molecule has 1 aliphatic rings. The lowest BCUT2D eigenvalue weighted by Crippen LogP contribution is -2.43. The fraction of sp³-hybridized carbons (Fsp3) is 0.765. The van der Waals surface area contributed by atoms with Gasteiger partial charge in [0.1, 0.15) is 11.5 Å². The summed E-state index contributed by atoms with van der Waals surface area (Å²) in [5.74, 6) is 3.35. The molecule has 0 spiro atoms. The Balaban J connectivity index is 1.99. The molecule has 2 atom stereocenters. The first-order valence-corrected chi connectivity index (χ1v) is 9.00. The zero-order valence-corrected chi connectivity index (χ0v) is 15.1. The Morgan fingerprint density at radius 2 is 2.10 bits per heavy atom. The minimum absolute atomic E-state index is 0.120. The van der Waals surface area contributed by atoms with Gasteiger partial charge in [-0.2, -0.15) is 11.8 Å². The number of furan rings is 1. The Morgan fingerprint density at radius 3 is 2.76 bits per heavy atom. The molecule has 0 amide bonds. The van der Waals surface area contributed by atoms with Gasteiger partial charge in [0.15, 0.2) is 0 Å². The highest BCUT2D eigenvalue weighted by atomic mass is 32.2. The van der Waals surface area contributed by atoms with Crippen LogP contribution in [0.1, 0.15) is 51.7 Å². The standard InChI is InChI=1S/C17H30N2OS/c1-12-14(3)21-8-7-19(12)11-15-9-16(20-13(15)2)10-18-17(4,5)6/h9,12,14,18H,7-8,10-11H2,1-6H3. The van der Waals surface area contributed by atoms with Crippen LogP contribution < -0.4 is 5.32 Å². The van der Waals surface area contributed by atoms with Crippen LogP contribution in [0.4, 0.5) is 0 Å². The molecule has 0 bridgehead atoms. The van der Waals surface area contributed by atoms with Crippen molar-refractivity contribution < 1.29 is 4.42 Å². The molecule has 0 aromatic carbocycles. The van der Waals surface area contributed by atoms with Gasteiger partial charge >= 0.3 is 0 Å². The average molecular weight is 311 g/mol. The first-order chi connectivity index (χ1) is 9.76. The summed E-state index contributed by atoms with van der Waals surface area (Å²) in [6.45, 7) is 16.3. The van der Waals surface area contributed by atoms with Crippen LogP contribution in [0.15, 0.2) is 10.5 Å². The summed E-state index contributed by atoms with van der Waals surface area (Å²) >= 11 is 2.09. The van der Waals surface area contributed by atoms with E-state index in [0.29, 0.717) is 11.3 Å². The summed E-state index contributed by atoms with van der Waals surface area (Å²) in [6.07, 6.45) is 0. The maximum atomic E-state index is 5.92. The molecule has 3 nitrogen and oxygen atoms in total. The van der Waals surface area contributed by atoms with Crippen molar-refractivity contribution >= 4 is 11.8 Å². The molecule has 1 aromatic rings. The first-order valence-electron chi connectivity index (χ1n) is 7.95. The number of aryl methyl sites for hydroxylation is 1. The van der Waals surface area contributed by atoms with Gasteiger partial charge in [0.25, 0.3) is 0 Å². The molecule has 2 unspecified atom stereocenters. The van der Waals surface area contributed by atoms with Gasteiger partial charge in [-0.05, 0) is 40.7 Å². The molecule has 21 heavy (non-hydrogen) atoms. The fourth-order valence-electron chi connectivity index (χ4n) is 2.62. The Morgan fingerprint density at radius 1 is 1.38 bits per heavy atom. The predicted molar refractivity (Wildman–Crippen MR) is 91.8 cm³/mol. The lowest BCUT2D eigenvalue weighted by molar-refractivity contribution is 0.203. The van der Waals surface area contributed by atoms with Gasteiger partial charge in [0.2, 0.25) is 0 Å². The molecular formula is C17H30N2OS. The van der Waals surface area contributed by atoms with E-state index in [2.05, 4.69) is 69.6 Å². The highest BCUT2D eigenvalue weighted by Crippen LogP contribution is 2.27. The lowest BCUT2D eigenvalue weighted by atomic mass is 10.1. The van der Waals surface area contributed by atoms with Crippen molar-refractivity contribution in [3.63, 3.8) is 0 Å².